The van der Waals surface area contributed by atoms with Gasteiger partial charge in [-0.15, -0.1) is 13.2 Å². The van der Waals surface area contributed by atoms with Crippen molar-refractivity contribution in [1.82, 2.24) is 0 Å². The van der Waals surface area contributed by atoms with Crippen LogP contribution in [0.4, 0.5) is 18.9 Å². The summed E-state index contributed by atoms with van der Waals surface area (Å²) in [4.78, 5) is -0.607. The van der Waals surface area contributed by atoms with Crippen molar-refractivity contribution in [3.05, 3.63) is 48.5 Å². The predicted molar refractivity (Wildman–Crippen MR) is 93.3 cm³/mol. The average molecular weight is 401 g/mol. The van der Waals surface area contributed by atoms with Crippen LogP contribution in [0.3, 0.4) is 0 Å². The van der Waals surface area contributed by atoms with Crippen molar-refractivity contribution in [2.45, 2.75) is 43.0 Å². The molecule has 9 heteroatoms. The number of halogens is 3. The van der Waals surface area contributed by atoms with E-state index in [1.165, 1.54) is 24.3 Å². The van der Waals surface area contributed by atoms with Crippen LogP contribution in [0.2, 0.25) is 0 Å². The second kappa shape index (κ2) is 7.67. The lowest BCUT2D eigenvalue weighted by atomic mass is 10.3. The number of anilines is 1. The molecule has 0 saturated heterocycles. The Bertz CT molecular complexity index is 893. The summed E-state index contributed by atoms with van der Waals surface area (Å²) in [6.07, 6.45) is -0.839. The highest BCUT2D eigenvalue weighted by Gasteiger charge is 2.34. The summed E-state index contributed by atoms with van der Waals surface area (Å²) in [5.74, 6) is -0.294. The SMILES string of the molecule is O=S(=O)(Nc1cccc(OC2CCCC2)c1)c1ccccc1OC(F)(F)F. The van der Waals surface area contributed by atoms with Gasteiger partial charge in [-0.3, -0.25) is 4.72 Å². The first-order valence-corrected chi connectivity index (χ1v) is 9.85. The molecule has 0 heterocycles. The maximum absolute atomic E-state index is 12.6. The van der Waals surface area contributed by atoms with Crippen molar-refractivity contribution >= 4 is 15.7 Å². The van der Waals surface area contributed by atoms with Gasteiger partial charge in [-0.05, 0) is 49.9 Å². The molecule has 146 valence electrons. The Morgan fingerprint density at radius 1 is 1.00 bits per heavy atom. The smallest absolute Gasteiger partial charge is 0.490 e. The molecule has 0 unspecified atom stereocenters. The van der Waals surface area contributed by atoms with Crippen LogP contribution >= 0.6 is 0 Å². The minimum atomic E-state index is -5.00. The third kappa shape index (κ3) is 5.29. The Morgan fingerprint density at radius 2 is 1.70 bits per heavy atom. The van der Waals surface area contributed by atoms with Gasteiger partial charge in [-0.1, -0.05) is 18.2 Å². The van der Waals surface area contributed by atoms with Crippen LogP contribution in [0.1, 0.15) is 25.7 Å². The van der Waals surface area contributed by atoms with Crippen molar-refractivity contribution in [2.24, 2.45) is 0 Å². The van der Waals surface area contributed by atoms with Gasteiger partial charge in [-0.25, -0.2) is 8.42 Å². The second-order valence-electron chi connectivity index (χ2n) is 6.15. The number of hydrogen-bond acceptors (Lipinski definition) is 4. The monoisotopic (exact) mass is 401 g/mol. The molecule has 0 atom stereocenters. The molecule has 0 aromatic heterocycles. The maximum Gasteiger partial charge on any atom is 0.573 e. The summed E-state index contributed by atoms with van der Waals surface area (Å²) in [5.41, 5.74) is 0.187. The summed E-state index contributed by atoms with van der Waals surface area (Å²) < 4.78 is 74.6. The highest BCUT2D eigenvalue weighted by atomic mass is 32.2. The zero-order chi connectivity index (χ0) is 19.5. The summed E-state index contributed by atoms with van der Waals surface area (Å²) in [6.45, 7) is 0. The van der Waals surface area contributed by atoms with Gasteiger partial charge in [0.25, 0.3) is 10.0 Å². The first kappa shape index (κ1) is 19.3. The van der Waals surface area contributed by atoms with Gasteiger partial charge in [-0.2, -0.15) is 0 Å². The molecule has 0 bridgehead atoms. The van der Waals surface area contributed by atoms with Crippen molar-refractivity contribution < 1.29 is 31.1 Å². The number of alkyl halides is 3. The molecule has 2 aromatic rings. The molecule has 5 nitrogen and oxygen atoms in total. The zero-order valence-electron chi connectivity index (χ0n) is 14.2. The van der Waals surface area contributed by atoms with E-state index < -0.39 is 27.0 Å². The Hall–Kier alpha value is -2.42. The Labute approximate surface area is 155 Å². The van der Waals surface area contributed by atoms with Crippen molar-refractivity contribution in [2.75, 3.05) is 4.72 Å². The summed E-state index contributed by atoms with van der Waals surface area (Å²) >= 11 is 0. The lowest BCUT2D eigenvalue weighted by Crippen LogP contribution is -2.21. The van der Waals surface area contributed by atoms with Crippen molar-refractivity contribution in [1.29, 1.82) is 0 Å². The third-order valence-corrected chi connectivity index (χ3v) is 5.48. The highest BCUT2D eigenvalue weighted by molar-refractivity contribution is 7.92. The standard InChI is InChI=1S/C18H18F3NO4S/c19-18(20,21)26-16-10-3-4-11-17(16)27(23,24)22-13-6-5-9-15(12-13)25-14-7-1-2-8-14/h3-6,9-12,14,22H,1-2,7-8H2. The van der Waals surface area contributed by atoms with Crippen LogP contribution in [0, 0.1) is 0 Å². The van der Waals surface area contributed by atoms with Crippen LogP contribution < -0.4 is 14.2 Å². The minimum absolute atomic E-state index is 0.0952. The number of ether oxygens (including phenoxy) is 2. The predicted octanol–water partition coefficient (Wildman–Crippen LogP) is 4.71. The molecule has 1 fully saturated rings. The number of rotatable bonds is 6. The van der Waals surface area contributed by atoms with Gasteiger partial charge >= 0.3 is 6.36 Å². The summed E-state index contributed by atoms with van der Waals surface area (Å²) in [5, 5.41) is 0. The van der Waals surface area contributed by atoms with Crippen molar-refractivity contribution in [3.8, 4) is 11.5 Å². The molecule has 1 aliphatic carbocycles. The fraction of sp³-hybridized carbons (Fsp3) is 0.333. The second-order valence-corrected chi connectivity index (χ2v) is 7.80. The lowest BCUT2D eigenvalue weighted by Gasteiger charge is -2.16. The molecule has 0 spiro atoms. The number of nitrogens with one attached hydrogen (secondary N) is 1. The van der Waals surface area contributed by atoms with Gasteiger partial charge in [0.05, 0.1) is 11.8 Å². The van der Waals surface area contributed by atoms with E-state index in [0.29, 0.717) is 5.75 Å². The molecule has 27 heavy (non-hydrogen) atoms. The number of sulfonamides is 1. The molecule has 1 saturated carbocycles. The van der Waals surface area contributed by atoms with Gasteiger partial charge in [0, 0.05) is 6.07 Å². The molecule has 0 aliphatic heterocycles. The summed E-state index contributed by atoms with van der Waals surface area (Å²) in [6, 6.07) is 10.9. The third-order valence-electron chi connectivity index (χ3n) is 4.06. The molecule has 0 amide bonds. The molecule has 3 rings (SSSR count). The van der Waals surface area contributed by atoms with Crippen LogP contribution in [0.15, 0.2) is 53.4 Å². The fourth-order valence-corrected chi connectivity index (χ4v) is 4.10. The van der Waals surface area contributed by atoms with E-state index in [2.05, 4.69) is 9.46 Å². The first-order valence-electron chi connectivity index (χ1n) is 8.37. The Morgan fingerprint density at radius 3 is 2.41 bits per heavy atom. The van der Waals surface area contributed by atoms with E-state index in [1.54, 1.807) is 12.1 Å². The van der Waals surface area contributed by atoms with E-state index in [0.717, 1.165) is 37.8 Å². The van der Waals surface area contributed by atoms with Gasteiger partial charge in [0.2, 0.25) is 0 Å². The summed E-state index contributed by atoms with van der Waals surface area (Å²) in [7, 11) is -4.29. The normalized spacial score (nSPS) is 15.5. The van der Waals surface area contributed by atoms with Gasteiger partial charge < -0.3 is 9.47 Å². The zero-order valence-corrected chi connectivity index (χ0v) is 15.0. The maximum atomic E-state index is 12.6. The largest absolute Gasteiger partial charge is 0.573 e. The molecular formula is C18H18F3NO4S. The van der Waals surface area contributed by atoms with E-state index >= 15 is 0 Å². The Balaban J connectivity index is 1.81. The van der Waals surface area contributed by atoms with Crippen molar-refractivity contribution in [3.63, 3.8) is 0 Å². The molecule has 1 N–H and O–H groups in total. The number of hydrogen-bond donors (Lipinski definition) is 1. The molecule has 2 aromatic carbocycles. The van der Waals surface area contributed by atoms with Crippen LogP contribution in [0.5, 0.6) is 11.5 Å². The van der Waals surface area contributed by atoms with E-state index in [1.807, 2.05) is 0 Å². The first-order chi connectivity index (χ1) is 12.7. The van der Waals surface area contributed by atoms with E-state index in [-0.39, 0.29) is 11.8 Å². The molecule has 0 radical (unpaired) electrons. The quantitative estimate of drug-likeness (QED) is 0.762. The van der Waals surface area contributed by atoms with Crippen LogP contribution in [0.25, 0.3) is 0 Å². The topological polar surface area (TPSA) is 64.6 Å². The van der Waals surface area contributed by atoms with Crippen LogP contribution in [-0.4, -0.2) is 20.9 Å². The molecular weight excluding hydrogens is 383 g/mol. The highest BCUT2D eigenvalue weighted by Crippen LogP contribution is 2.31. The van der Waals surface area contributed by atoms with Crippen LogP contribution in [-0.2, 0) is 10.0 Å². The lowest BCUT2D eigenvalue weighted by molar-refractivity contribution is -0.275. The van der Waals surface area contributed by atoms with E-state index in [4.69, 9.17) is 4.74 Å². The van der Waals surface area contributed by atoms with Gasteiger partial charge in [0.15, 0.2) is 0 Å². The average Bonchev–Trinajstić information content (AvgIpc) is 3.06. The Kier molecular flexibility index (Phi) is 5.50. The fourth-order valence-electron chi connectivity index (χ4n) is 2.92. The number of benzene rings is 2. The van der Waals surface area contributed by atoms with E-state index in [9.17, 15) is 21.6 Å². The number of para-hydroxylation sites is 1. The minimum Gasteiger partial charge on any atom is -0.490 e. The van der Waals surface area contributed by atoms with Gasteiger partial charge in [0.1, 0.15) is 16.4 Å². The molecule has 1 aliphatic rings.